The second kappa shape index (κ2) is 8.56. The number of fused-ring (bicyclic) bond motifs is 1. The Labute approximate surface area is 180 Å². The Hall–Kier alpha value is -3.11. The number of nitrogens with zero attached hydrogens (tertiary/aromatic N) is 3. The van der Waals surface area contributed by atoms with Gasteiger partial charge in [-0.3, -0.25) is 14.3 Å². The molecule has 1 aliphatic rings. The molecule has 10 heteroatoms. The third-order valence-electron chi connectivity index (χ3n) is 5.23. The minimum Gasteiger partial charge on any atom is -0.390 e. The summed E-state index contributed by atoms with van der Waals surface area (Å²) in [5.41, 5.74) is 1.57. The van der Waals surface area contributed by atoms with Gasteiger partial charge in [-0.25, -0.2) is 8.78 Å². The number of hydrogen-bond acceptors (Lipinski definition) is 5. The highest BCUT2D eigenvalue weighted by molar-refractivity contribution is 7.12. The van der Waals surface area contributed by atoms with E-state index in [1.165, 1.54) is 16.2 Å². The summed E-state index contributed by atoms with van der Waals surface area (Å²) in [6.45, 7) is 2.80. The molecule has 0 aliphatic carbocycles. The van der Waals surface area contributed by atoms with Crippen molar-refractivity contribution in [2.75, 3.05) is 11.9 Å². The fourth-order valence-electron chi connectivity index (χ4n) is 3.69. The van der Waals surface area contributed by atoms with Crippen LogP contribution in [0.5, 0.6) is 0 Å². The van der Waals surface area contributed by atoms with Crippen LogP contribution in [0, 0.1) is 11.6 Å². The molecule has 0 atom stereocenters. The number of nitrogens with one attached hydrogen (secondary N) is 1. The second-order valence-electron chi connectivity index (χ2n) is 7.07. The van der Waals surface area contributed by atoms with Crippen LogP contribution in [0.3, 0.4) is 0 Å². The summed E-state index contributed by atoms with van der Waals surface area (Å²) in [5.74, 6) is -3.13. The fraction of sp³-hybridized carbons (Fsp3) is 0.286. The average Bonchev–Trinajstić information content (AvgIpc) is 3.42. The Balaban J connectivity index is 1.60. The average molecular weight is 446 g/mol. The van der Waals surface area contributed by atoms with E-state index in [1.54, 1.807) is 22.2 Å². The van der Waals surface area contributed by atoms with Gasteiger partial charge in [0.05, 0.1) is 28.4 Å². The number of rotatable bonds is 5. The van der Waals surface area contributed by atoms with Crippen LogP contribution < -0.4 is 5.32 Å². The Morgan fingerprint density at radius 1 is 1.29 bits per heavy atom. The predicted molar refractivity (Wildman–Crippen MR) is 111 cm³/mol. The van der Waals surface area contributed by atoms with Crippen LogP contribution in [0.15, 0.2) is 29.6 Å². The Kier molecular flexibility index (Phi) is 5.84. The molecule has 7 nitrogen and oxygen atoms in total. The van der Waals surface area contributed by atoms with Crippen LogP contribution in [-0.4, -0.2) is 38.1 Å². The van der Waals surface area contributed by atoms with Gasteiger partial charge < -0.3 is 15.3 Å². The molecular weight excluding hydrogens is 426 g/mol. The number of thiophene rings is 1. The molecule has 2 aromatic heterocycles. The minimum atomic E-state index is -1.01. The van der Waals surface area contributed by atoms with E-state index in [0.29, 0.717) is 36.1 Å². The summed E-state index contributed by atoms with van der Waals surface area (Å²) in [7, 11) is 0. The third-order valence-corrected chi connectivity index (χ3v) is 6.10. The zero-order chi connectivity index (χ0) is 22.1. The van der Waals surface area contributed by atoms with Crippen molar-refractivity contribution in [3.05, 3.63) is 68.7 Å². The zero-order valence-electron chi connectivity index (χ0n) is 16.7. The van der Waals surface area contributed by atoms with Gasteiger partial charge in [-0.05, 0) is 24.4 Å². The number of carbonyl (C=O) groups is 2. The number of hydrogen-bond donors (Lipinski definition) is 2. The monoisotopic (exact) mass is 446 g/mol. The van der Waals surface area contributed by atoms with E-state index in [0.717, 1.165) is 17.3 Å². The summed E-state index contributed by atoms with van der Waals surface area (Å²) >= 11 is 1.18. The largest absolute Gasteiger partial charge is 0.390 e. The molecule has 0 spiro atoms. The van der Waals surface area contributed by atoms with Crippen molar-refractivity contribution in [3.8, 4) is 0 Å². The number of amides is 2. The third kappa shape index (κ3) is 3.96. The highest BCUT2D eigenvalue weighted by Gasteiger charge is 2.29. The lowest BCUT2D eigenvalue weighted by atomic mass is 10.0. The van der Waals surface area contributed by atoms with Crippen molar-refractivity contribution in [1.82, 2.24) is 14.7 Å². The van der Waals surface area contributed by atoms with Crippen molar-refractivity contribution >= 4 is 28.8 Å². The summed E-state index contributed by atoms with van der Waals surface area (Å²) in [6, 6.07) is 4.88. The van der Waals surface area contributed by atoms with E-state index in [4.69, 9.17) is 0 Å². The van der Waals surface area contributed by atoms with E-state index < -0.39 is 23.4 Å². The topological polar surface area (TPSA) is 87.5 Å². The van der Waals surface area contributed by atoms with Crippen LogP contribution in [0.2, 0.25) is 0 Å². The molecule has 1 aromatic carbocycles. The predicted octanol–water partition coefficient (Wildman–Crippen LogP) is 3.19. The maximum absolute atomic E-state index is 14.5. The Bertz CT molecular complexity index is 1140. The molecule has 2 amide bonds. The fourth-order valence-corrected chi connectivity index (χ4v) is 4.31. The first-order chi connectivity index (χ1) is 14.9. The summed E-state index contributed by atoms with van der Waals surface area (Å²) in [6.07, 6.45) is 0.507. The van der Waals surface area contributed by atoms with Crippen LogP contribution in [0.4, 0.5) is 14.5 Å². The molecule has 1 aliphatic heterocycles. The lowest BCUT2D eigenvalue weighted by Gasteiger charge is -2.28. The molecule has 162 valence electrons. The van der Waals surface area contributed by atoms with Gasteiger partial charge in [0.25, 0.3) is 11.8 Å². The number of carbonyl (C=O) groups excluding carboxylic acids is 2. The molecule has 0 fully saturated rings. The van der Waals surface area contributed by atoms with Crippen molar-refractivity contribution in [3.63, 3.8) is 0 Å². The second-order valence-corrected chi connectivity index (χ2v) is 8.01. The van der Waals surface area contributed by atoms with E-state index in [1.807, 2.05) is 6.92 Å². The van der Waals surface area contributed by atoms with E-state index >= 15 is 0 Å². The normalized spacial score (nSPS) is 13.2. The van der Waals surface area contributed by atoms with Crippen LogP contribution in [-0.2, 0) is 26.1 Å². The van der Waals surface area contributed by atoms with Crippen molar-refractivity contribution in [2.24, 2.45) is 0 Å². The van der Waals surface area contributed by atoms with Gasteiger partial charge in [-0.2, -0.15) is 5.10 Å². The van der Waals surface area contributed by atoms with E-state index in [9.17, 15) is 23.5 Å². The Morgan fingerprint density at radius 3 is 2.77 bits per heavy atom. The summed E-state index contributed by atoms with van der Waals surface area (Å²) in [4.78, 5) is 27.1. The lowest BCUT2D eigenvalue weighted by Crippen LogP contribution is -2.37. The summed E-state index contributed by atoms with van der Waals surface area (Å²) in [5, 5.41) is 18.1. The van der Waals surface area contributed by atoms with Gasteiger partial charge in [0.15, 0.2) is 0 Å². The first-order valence-electron chi connectivity index (χ1n) is 9.74. The van der Waals surface area contributed by atoms with Crippen LogP contribution >= 0.6 is 11.3 Å². The van der Waals surface area contributed by atoms with Crippen LogP contribution in [0.1, 0.15) is 43.9 Å². The maximum Gasteiger partial charge on any atom is 0.265 e. The first kappa shape index (κ1) is 21.1. The number of halogens is 2. The molecule has 0 saturated heterocycles. The van der Waals surface area contributed by atoms with Crippen molar-refractivity contribution < 1.29 is 23.5 Å². The smallest absolute Gasteiger partial charge is 0.265 e. The highest BCUT2D eigenvalue weighted by atomic mass is 32.1. The quantitative estimate of drug-likeness (QED) is 0.630. The minimum absolute atomic E-state index is 0.164. The van der Waals surface area contributed by atoms with Crippen molar-refractivity contribution in [1.29, 1.82) is 0 Å². The Morgan fingerprint density at radius 2 is 2.10 bits per heavy atom. The number of aryl methyl sites for hydroxylation is 1. The van der Waals surface area contributed by atoms with Crippen molar-refractivity contribution in [2.45, 2.75) is 33.0 Å². The highest BCUT2D eigenvalue weighted by Crippen LogP contribution is 2.27. The number of aromatic nitrogens is 2. The molecule has 0 saturated carbocycles. The molecule has 31 heavy (non-hydrogen) atoms. The van der Waals surface area contributed by atoms with Gasteiger partial charge in [0.1, 0.15) is 11.6 Å². The molecule has 0 unspecified atom stereocenters. The first-order valence-corrected chi connectivity index (χ1v) is 10.6. The van der Waals surface area contributed by atoms with Gasteiger partial charge in [0, 0.05) is 43.4 Å². The van der Waals surface area contributed by atoms with Gasteiger partial charge >= 0.3 is 0 Å². The maximum atomic E-state index is 14.5. The number of anilines is 1. The standard InChI is InChI=1S/C21H20F2N4O3S/c1-2-27-18-5-6-26(10-13(18)17(11-28)25-27)21(30)12-8-16(15(23)9-14(12)22)24-20(29)19-4-3-7-31-19/h3-4,7-9,28H,2,5-6,10-11H2,1H3,(H,24,29). The number of aliphatic hydroxyl groups is 1. The molecule has 0 bridgehead atoms. The molecule has 4 rings (SSSR count). The van der Waals surface area contributed by atoms with Crippen LogP contribution in [0.25, 0.3) is 0 Å². The molecule has 2 N–H and O–H groups in total. The zero-order valence-corrected chi connectivity index (χ0v) is 17.5. The molecule has 3 aromatic rings. The lowest BCUT2D eigenvalue weighted by molar-refractivity contribution is 0.0727. The number of benzene rings is 1. The molecular formula is C21H20F2N4O3S. The van der Waals surface area contributed by atoms with E-state index in [2.05, 4.69) is 10.4 Å². The molecule has 3 heterocycles. The van der Waals surface area contributed by atoms with E-state index in [-0.39, 0.29) is 24.4 Å². The SMILES string of the molecule is CCn1nc(CO)c2c1CCN(C(=O)c1cc(NC(=O)c3cccs3)c(F)cc1F)C2. The van der Waals surface area contributed by atoms with Gasteiger partial charge in [0.2, 0.25) is 0 Å². The molecule has 0 radical (unpaired) electrons. The van der Waals surface area contributed by atoms with Gasteiger partial charge in [-0.1, -0.05) is 6.07 Å². The van der Waals surface area contributed by atoms with Gasteiger partial charge in [-0.15, -0.1) is 11.3 Å². The summed E-state index contributed by atoms with van der Waals surface area (Å²) < 4.78 is 30.5. The number of aliphatic hydroxyl groups excluding tert-OH is 1.